The first-order valence-corrected chi connectivity index (χ1v) is 8.02. The molecule has 4 rings (SSSR count). The zero-order chi connectivity index (χ0) is 17.2. The lowest BCUT2D eigenvalue weighted by Gasteiger charge is -2.36. The van der Waals surface area contributed by atoms with Gasteiger partial charge in [0, 0.05) is 44.6 Å². The quantitative estimate of drug-likeness (QED) is 0.710. The van der Waals surface area contributed by atoms with E-state index >= 15 is 0 Å². The number of halogens is 1. The van der Waals surface area contributed by atoms with Crippen molar-refractivity contribution in [1.29, 1.82) is 0 Å². The van der Waals surface area contributed by atoms with Gasteiger partial charge in [-0.3, -0.25) is 0 Å². The third kappa shape index (κ3) is 3.12. The summed E-state index contributed by atoms with van der Waals surface area (Å²) in [5, 5.41) is 4.22. The van der Waals surface area contributed by atoms with E-state index in [4.69, 9.17) is 0 Å². The van der Waals surface area contributed by atoms with Crippen LogP contribution in [-0.4, -0.2) is 55.9 Å². The maximum Gasteiger partial charge on any atom is 0.183 e. The Hall–Kier alpha value is -3.10. The van der Waals surface area contributed by atoms with Gasteiger partial charge in [-0.25, -0.2) is 29.0 Å². The summed E-state index contributed by atoms with van der Waals surface area (Å²) in [5.74, 6) is 2.23. The summed E-state index contributed by atoms with van der Waals surface area (Å²) in [5.41, 5.74) is 0. The molecule has 0 radical (unpaired) electrons. The number of piperazine rings is 1. The lowest BCUT2D eigenvalue weighted by Crippen LogP contribution is -2.47. The van der Waals surface area contributed by atoms with E-state index in [2.05, 4.69) is 29.9 Å². The lowest BCUT2D eigenvalue weighted by atomic mass is 10.3. The predicted molar refractivity (Wildman–Crippen MR) is 90.3 cm³/mol. The predicted octanol–water partition coefficient (Wildman–Crippen LogP) is 1.23. The van der Waals surface area contributed by atoms with Gasteiger partial charge in [0.2, 0.25) is 0 Å². The highest BCUT2D eigenvalue weighted by molar-refractivity contribution is 5.47. The molecule has 3 aromatic heterocycles. The van der Waals surface area contributed by atoms with Crippen molar-refractivity contribution < 1.29 is 4.39 Å². The maximum atomic E-state index is 13.8. The van der Waals surface area contributed by atoms with E-state index in [1.54, 1.807) is 10.9 Å². The molecular weight excluding hydrogens is 323 g/mol. The fourth-order valence-corrected chi connectivity index (χ4v) is 2.91. The summed E-state index contributed by atoms with van der Waals surface area (Å²) < 4.78 is 15.6. The molecule has 0 unspecified atom stereocenters. The van der Waals surface area contributed by atoms with Gasteiger partial charge >= 0.3 is 0 Å². The van der Waals surface area contributed by atoms with Gasteiger partial charge in [0.25, 0.3) is 0 Å². The first-order valence-electron chi connectivity index (χ1n) is 8.02. The van der Waals surface area contributed by atoms with Crippen molar-refractivity contribution in [2.75, 3.05) is 36.0 Å². The Balaban J connectivity index is 1.52. The summed E-state index contributed by atoms with van der Waals surface area (Å²) in [6.45, 7) is 4.63. The molecule has 0 spiro atoms. The molecule has 0 atom stereocenters. The molecule has 1 aliphatic rings. The van der Waals surface area contributed by atoms with Crippen LogP contribution in [0.3, 0.4) is 0 Å². The number of hydrogen-bond donors (Lipinski definition) is 0. The van der Waals surface area contributed by atoms with Crippen molar-refractivity contribution in [3.05, 3.63) is 48.7 Å². The van der Waals surface area contributed by atoms with Gasteiger partial charge in [-0.05, 0) is 13.0 Å². The van der Waals surface area contributed by atoms with E-state index in [0.717, 1.165) is 24.7 Å². The Morgan fingerprint density at radius 2 is 1.80 bits per heavy atom. The third-order valence-corrected chi connectivity index (χ3v) is 4.10. The fourth-order valence-electron chi connectivity index (χ4n) is 2.91. The zero-order valence-corrected chi connectivity index (χ0v) is 13.7. The molecule has 0 saturated carbocycles. The van der Waals surface area contributed by atoms with Crippen LogP contribution in [0.25, 0.3) is 5.82 Å². The molecule has 1 fully saturated rings. The molecule has 0 aromatic carbocycles. The highest BCUT2D eigenvalue weighted by Gasteiger charge is 2.22. The van der Waals surface area contributed by atoms with Crippen LogP contribution in [0.5, 0.6) is 0 Å². The molecule has 1 aliphatic heterocycles. The molecule has 0 N–H and O–H groups in total. The molecule has 25 heavy (non-hydrogen) atoms. The average Bonchev–Trinajstić information content (AvgIpc) is 3.17. The molecule has 8 nitrogen and oxygen atoms in total. The van der Waals surface area contributed by atoms with Gasteiger partial charge in [0.05, 0.1) is 6.20 Å². The van der Waals surface area contributed by atoms with E-state index < -0.39 is 5.82 Å². The molecule has 0 aliphatic carbocycles. The van der Waals surface area contributed by atoms with Crippen molar-refractivity contribution in [1.82, 2.24) is 29.7 Å². The van der Waals surface area contributed by atoms with E-state index in [1.807, 2.05) is 30.2 Å². The fraction of sp³-hybridized carbons (Fsp3) is 0.312. The molecule has 3 aromatic rings. The van der Waals surface area contributed by atoms with Crippen molar-refractivity contribution in [3.8, 4) is 5.82 Å². The van der Waals surface area contributed by atoms with Crippen LogP contribution < -0.4 is 9.80 Å². The molecule has 0 amide bonds. The van der Waals surface area contributed by atoms with Gasteiger partial charge in [-0.15, -0.1) is 0 Å². The Kier molecular flexibility index (Phi) is 3.96. The van der Waals surface area contributed by atoms with Crippen LogP contribution in [0.15, 0.2) is 37.1 Å². The number of aryl methyl sites for hydroxylation is 1. The molecule has 9 heteroatoms. The number of anilines is 2. The lowest BCUT2D eigenvalue weighted by molar-refractivity contribution is 0.581. The molecular formula is C16H17FN8. The molecule has 0 bridgehead atoms. The largest absolute Gasteiger partial charge is 0.353 e. The van der Waals surface area contributed by atoms with Crippen molar-refractivity contribution in [3.63, 3.8) is 0 Å². The number of rotatable bonds is 3. The second-order valence-corrected chi connectivity index (χ2v) is 5.75. The monoisotopic (exact) mass is 340 g/mol. The smallest absolute Gasteiger partial charge is 0.183 e. The Bertz CT molecular complexity index is 858. The van der Waals surface area contributed by atoms with Crippen molar-refractivity contribution >= 4 is 11.6 Å². The number of nitrogens with zero attached hydrogens (tertiary/aromatic N) is 8. The van der Waals surface area contributed by atoms with E-state index in [0.29, 0.717) is 24.7 Å². The van der Waals surface area contributed by atoms with Gasteiger partial charge in [-0.2, -0.15) is 5.10 Å². The number of hydrogen-bond acceptors (Lipinski definition) is 7. The third-order valence-electron chi connectivity index (χ3n) is 4.10. The van der Waals surface area contributed by atoms with Crippen LogP contribution >= 0.6 is 0 Å². The van der Waals surface area contributed by atoms with Gasteiger partial charge in [0.1, 0.15) is 18.0 Å². The van der Waals surface area contributed by atoms with Gasteiger partial charge < -0.3 is 9.80 Å². The summed E-state index contributed by atoms with van der Waals surface area (Å²) in [4.78, 5) is 20.8. The molecule has 4 heterocycles. The highest BCUT2D eigenvalue weighted by Crippen LogP contribution is 2.20. The van der Waals surface area contributed by atoms with Crippen LogP contribution in [0.1, 0.15) is 5.82 Å². The minimum Gasteiger partial charge on any atom is -0.353 e. The van der Waals surface area contributed by atoms with E-state index in [1.165, 1.54) is 12.5 Å². The summed E-state index contributed by atoms with van der Waals surface area (Å²) in [6.07, 6.45) is 6.13. The SMILES string of the molecule is Cc1nc(N2CCN(c3ncncc3F)CC2)cc(-n2cccn2)n1. The van der Waals surface area contributed by atoms with Gasteiger partial charge in [0.15, 0.2) is 17.5 Å². The van der Waals surface area contributed by atoms with Crippen LogP contribution in [0.4, 0.5) is 16.0 Å². The summed E-state index contributed by atoms with van der Waals surface area (Å²) >= 11 is 0. The zero-order valence-electron chi connectivity index (χ0n) is 13.7. The second kappa shape index (κ2) is 6.42. The average molecular weight is 340 g/mol. The van der Waals surface area contributed by atoms with Crippen LogP contribution in [0, 0.1) is 12.7 Å². The minimum absolute atomic E-state index is 0.353. The van der Waals surface area contributed by atoms with E-state index in [-0.39, 0.29) is 0 Å². The Morgan fingerprint density at radius 1 is 1.04 bits per heavy atom. The first kappa shape index (κ1) is 15.4. The normalized spacial score (nSPS) is 14.8. The summed E-state index contributed by atoms with van der Waals surface area (Å²) in [7, 11) is 0. The Morgan fingerprint density at radius 3 is 2.52 bits per heavy atom. The van der Waals surface area contributed by atoms with Crippen molar-refractivity contribution in [2.24, 2.45) is 0 Å². The van der Waals surface area contributed by atoms with E-state index in [9.17, 15) is 4.39 Å². The summed E-state index contributed by atoms with van der Waals surface area (Å²) in [6, 6.07) is 3.77. The second-order valence-electron chi connectivity index (χ2n) is 5.75. The standard InChI is InChI=1S/C16H17FN8/c1-12-21-14(9-15(22-12)25-4-2-3-20-25)23-5-7-24(8-6-23)16-13(17)10-18-11-19-16/h2-4,9-11H,5-8H2,1H3. The molecule has 128 valence electrons. The topological polar surface area (TPSA) is 75.9 Å². The molecule has 1 saturated heterocycles. The van der Waals surface area contributed by atoms with Crippen molar-refractivity contribution in [2.45, 2.75) is 6.92 Å². The highest BCUT2D eigenvalue weighted by atomic mass is 19.1. The van der Waals surface area contributed by atoms with Crippen LogP contribution in [0.2, 0.25) is 0 Å². The maximum absolute atomic E-state index is 13.8. The Labute approximate surface area is 144 Å². The van der Waals surface area contributed by atoms with Crippen LogP contribution in [-0.2, 0) is 0 Å². The first-order chi connectivity index (χ1) is 12.2. The minimum atomic E-state index is -0.394. The number of aromatic nitrogens is 6. The van der Waals surface area contributed by atoms with Gasteiger partial charge in [-0.1, -0.05) is 0 Å².